The van der Waals surface area contributed by atoms with Crippen LogP contribution >= 0.6 is 0 Å². The van der Waals surface area contributed by atoms with E-state index in [9.17, 15) is 24.9 Å². The van der Waals surface area contributed by atoms with Gasteiger partial charge in [0.25, 0.3) is 0 Å². The van der Waals surface area contributed by atoms with E-state index in [4.69, 9.17) is 4.74 Å². The third kappa shape index (κ3) is 2.70. The van der Waals surface area contributed by atoms with Crippen LogP contribution in [0.5, 0.6) is 0 Å². The summed E-state index contributed by atoms with van der Waals surface area (Å²) in [5, 5.41) is 32.5. The summed E-state index contributed by atoms with van der Waals surface area (Å²) in [5.41, 5.74) is -5.37. The first-order valence-corrected chi connectivity index (χ1v) is 11.2. The third-order valence-electron chi connectivity index (χ3n) is 9.22. The van der Waals surface area contributed by atoms with Gasteiger partial charge in [0, 0.05) is 23.2 Å². The topological polar surface area (TPSA) is 104 Å². The van der Waals surface area contributed by atoms with Gasteiger partial charge in [-0.15, -0.1) is 6.58 Å². The Balaban J connectivity index is 1.81. The minimum Gasteiger partial charge on any atom is -0.390 e. The van der Waals surface area contributed by atoms with Crippen molar-refractivity contribution in [3.63, 3.8) is 0 Å². The average molecular weight is 437 g/mol. The number of rotatable bonds is 5. The van der Waals surface area contributed by atoms with Crippen LogP contribution in [0.15, 0.2) is 24.3 Å². The fourth-order valence-corrected chi connectivity index (χ4v) is 7.55. The van der Waals surface area contributed by atoms with Gasteiger partial charge in [-0.25, -0.2) is 4.39 Å². The lowest BCUT2D eigenvalue weighted by molar-refractivity contribution is -0.231. The van der Waals surface area contributed by atoms with Crippen molar-refractivity contribution in [2.45, 2.75) is 75.9 Å². The largest absolute Gasteiger partial charge is 0.390 e. The fraction of sp³-hybridized carbons (Fsp3) is 0.750. The van der Waals surface area contributed by atoms with E-state index in [0.717, 1.165) is 5.57 Å². The molecule has 8 atom stereocenters. The number of alkyl halides is 1. The average Bonchev–Trinajstić information content (AvgIpc) is 2.95. The molecule has 0 aromatic rings. The standard InChI is InChI=1S/C24H33FO6/c1-4-9-31-20-11-17-16-6-5-14-10-15(27)7-8-21(14,2)23(16,25)18(28)12-22(17,3)24(20,30)19(29)13-26/h4,10,16-18,20,26,28,30H,1,5-9,11-13H2,2-3H3/t16-,17-,18-,20+,21-,22-,23-,24+/m0/s1. The molecule has 0 unspecified atom stereocenters. The molecule has 31 heavy (non-hydrogen) atoms. The number of allylic oxidation sites excluding steroid dienone is 1. The molecule has 0 radical (unpaired) electrons. The van der Waals surface area contributed by atoms with Crippen molar-refractivity contribution in [2.75, 3.05) is 13.2 Å². The first-order valence-electron chi connectivity index (χ1n) is 11.2. The van der Waals surface area contributed by atoms with Crippen molar-refractivity contribution >= 4 is 11.6 Å². The zero-order valence-corrected chi connectivity index (χ0v) is 18.3. The Hall–Kier alpha value is -1.41. The molecule has 0 heterocycles. The summed E-state index contributed by atoms with van der Waals surface area (Å²) in [7, 11) is 0. The Labute approximate surface area is 182 Å². The van der Waals surface area contributed by atoms with Gasteiger partial charge < -0.3 is 20.1 Å². The van der Waals surface area contributed by atoms with Crippen molar-refractivity contribution < 1.29 is 34.0 Å². The second-order valence-corrected chi connectivity index (χ2v) is 10.3. The van der Waals surface area contributed by atoms with Gasteiger partial charge in [0.05, 0.1) is 18.8 Å². The monoisotopic (exact) mass is 436 g/mol. The van der Waals surface area contributed by atoms with Crippen LogP contribution in [0.1, 0.15) is 52.4 Å². The summed E-state index contributed by atoms with van der Waals surface area (Å²) in [6, 6.07) is 0. The lowest BCUT2D eigenvalue weighted by Crippen LogP contribution is -2.70. The van der Waals surface area contributed by atoms with Crippen LogP contribution in [0.4, 0.5) is 4.39 Å². The SMILES string of the molecule is C=CCO[C@@H]1C[C@H]2[C@@H]3CCC4=CC(=O)CC[C@]4(C)[C@@]3(F)[C@@H](O)C[C@]2(C)[C@@]1(O)C(=O)CO. The van der Waals surface area contributed by atoms with E-state index in [0.29, 0.717) is 19.3 Å². The van der Waals surface area contributed by atoms with Gasteiger partial charge >= 0.3 is 0 Å². The molecule has 3 N–H and O–H groups in total. The molecule has 0 amide bonds. The molecule has 4 aliphatic rings. The van der Waals surface area contributed by atoms with E-state index in [2.05, 4.69) is 6.58 Å². The van der Waals surface area contributed by atoms with Crippen LogP contribution in [-0.4, -0.2) is 63.6 Å². The van der Waals surface area contributed by atoms with E-state index >= 15 is 4.39 Å². The number of hydrogen-bond acceptors (Lipinski definition) is 6. The Bertz CT molecular complexity index is 840. The van der Waals surface area contributed by atoms with E-state index in [-0.39, 0.29) is 31.7 Å². The molecule has 0 aromatic carbocycles. The van der Waals surface area contributed by atoms with Crippen molar-refractivity contribution in [3.05, 3.63) is 24.3 Å². The van der Waals surface area contributed by atoms with Gasteiger partial charge in [-0.05, 0) is 44.1 Å². The zero-order valence-electron chi connectivity index (χ0n) is 18.3. The number of fused-ring (bicyclic) bond motifs is 5. The highest BCUT2D eigenvalue weighted by atomic mass is 19.1. The highest BCUT2D eigenvalue weighted by Crippen LogP contribution is 2.70. The number of ether oxygens (including phenoxy) is 1. The number of aliphatic hydroxyl groups is 3. The van der Waals surface area contributed by atoms with Crippen LogP contribution in [0.3, 0.4) is 0 Å². The summed E-state index contributed by atoms with van der Waals surface area (Å²) in [6.07, 6.45) is 2.39. The molecule has 4 aliphatic carbocycles. The molecule has 6 nitrogen and oxygen atoms in total. The molecule has 0 aliphatic heterocycles. The van der Waals surface area contributed by atoms with Gasteiger partial charge in [0.1, 0.15) is 12.3 Å². The number of ketones is 2. The van der Waals surface area contributed by atoms with E-state index in [1.165, 1.54) is 6.08 Å². The molecule has 0 bridgehead atoms. The quantitative estimate of drug-likeness (QED) is 0.570. The highest BCUT2D eigenvalue weighted by Gasteiger charge is 2.76. The highest BCUT2D eigenvalue weighted by molar-refractivity contribution is 5.92. The van der Waals surface area contributed by atoms with Crippen molar-refractivity contribution in [3.8, 4) is 0 Å². The Kier molecular flexibility index (Phi) is 5.36. The van der Waals surface area contributed by atoms with Crippen molar-refractivity contribution in [1.82, 2.24) is 0 Å². The normalized spacial score (nSPS) is 49.0. The lowest BCUT2D eigenvalue weighted by Gasteiger charge is -2.63. The van der Waals surface area contributed by atoms with Crippen LogP contribution in [-0.2, 0) is 14.3 Å². The van der Waals surface area contributed by atoms with Crippen LogP contribution in [0, 0.1) is 22.7 Å². The number of halogens is 1. The molecule has 7 heteroatoms. The minimum absolute atomic E-state index is 0.00802. The number of aliphatic hydroxyl groups excluding tert-OH is 2. The molecule has 3 saturated carbocycles. The van der Waals surface area contributed by atoms with Gasteiger partial charge in [0.2, 0.25) is 0 Å². The molecule has 3 fully saturated rings. The number of carbonyl (C=O) groups is 2. The number of Topliss-reactive ketones (excluding diaryl/α,β-unsaturated/α-hetero) is 1. The molecule has 0 aromatic heterocycles. The second-order valence-electron chi connectivity index (χ2n) is 10.3. The summed E-state index contributed by atoms with van der Waals surface area (Å²) in [5.74, 6) is -1.80. The third-order valence-corrected chi connectivity index (χ3v) is 9.22. The molecule has 4 rings (SSSR count). The maximum atomic E-state index is 17.1. The zero-order chi connectivity index (χ0) is 22.8. The first-order chi connectivity index (χ1) is 14.5. The second kappa shape index (κ2) is 7.30. The first kappa shape index (κ1) is 22.8. The number of carbonyl (C=O) groups excluding carboxylic acids is 2. The predicted octanol–water partition coefficient (Wildman–Crippen LogP) is 2.05. The van der Waals surface area contributed by atoms with E-state index in [1.54, 1.807) is 19.9 Å². The van der Waals surface area contributed by atoms with Crippen LogP contribution in [0.25, 0.3) is 0 Å². The minimum atomic E-state index is -2.03. The molecule has 0 spiro atoms. The maximum Gasteiger partial charge on any atom is 0.192 e. The summed E-state index contributed by atoms with van der Waals surface area (Å²) in [6.45, 7) is 6.38. The van der Waals surface area contributed by atoms with Gasteiger partial charge in [-0.2, -0.15) is 0 Å². The summed E-state index contributed by atoms with van der Waals surface area (Å²) >= 11 is 0. The lowest BCUT2D eigenvalue weighted by atomic mass is 9.44. The summed E-state index contributed by atoms with van der Waals surface area (Å²) < 4.78 is 22.9. The van der Waals surface area contributed by atoms with Gasteiger partial charge in [0.15, 0.2) is 17.2 Å². The van der Waals surface area contributed by atoms with Crippen molar-refractivity contribution in [1.29, 1.82) is 0 Å². The smallest absolute Gasteiger partial charge is 0.192 e. The fourth-order valence-electron chi connectivity index (χ4n) is 7.55. The summed E-state index contributed by atoms with van der Waals surface area (Å²) in [4.78, 5) is 24.8. The van der Waals surface area contributed by atoms with Gasteiger partial charge in [-0.3, -0.25) is 9.59 Å². The van der Waals surface area contributed by atoms with E-state index in [1.807, 2.05) is 0 Å². The van der Waals surface area contributed by atoms with Crippen LogP contribution in [0.2, 0.25) is 0 Å². The van der Waals surface area contributed by atoms with E-state index < -0.39 is 58.5 Å². The molecule has 172 valence electrons. The molecular formula is C24H33FO6. The molecular weight excluding hydrogens is 403 g/mol. The Morgan fingerprint density at radius 1 is 1.35 bits per heavy atom. The molecule has 0 saturated heterocycles. The van der Waals surface area contributed by atoms with Crippen LogP contribution < -0.4 is 0 Å². The van der Waals surface area contributed by atoms with Crippen molar-refractivity contribution in [2.24, 2.45) is 22.7 Å². The Morgan fingerprint density at radius 3 is 2.71 bits per heavy atom. The van der Waals surface area contributed by atoms with Gasteiger partial charge in [-0.1, -0.05) is 25.5 Å². The number of hydrogen-bond donors (Lipinski definition) is 3. The predicted molar refractivity (Wildman–Crippen MR) is 111 cm³/mol. The maximum absolute atomic E-state index is 17.1. The Morgan fingerprint density at radius 2 is 2.06 bits per heavy atom.